The molecule has 0 unspecified atom stereocenters. The van der Waals surface area contributed by atoms with E-state index in [2.05, 4.69) is 67.9 Å². The molecule has 1 amide bonds. The van der Waals surface area contributed by atoms with Gasteiger partial charge in [0.1, 0.15) is 17.9 Å². The van der Waals surface area contributed by atoms with Gasteiger partial charge in [0, 0.05) is 31.4 Å². The predicted molar refractivity (Wildman–Crippen MR) is 145 cm³/mol. The number of rotatable bonds is 10. The zero-order valence-corrected chi connectivity index (χ0v) is 22.7. The number of piperidine rings is 1. The second-order valence-corrected chi connectivity index (χ2v) is 11.6. The van der Waals surface area contributed by atoms with Gasteiger partial charge in [-0.2, -0.15) is 0 Å². The molecule has 2 aliphatic rings. The standard InChI is InChI=1S/C31H44N2O3/c1-33(2)21-20-30(26-15-11-16-28(22-26)35-3)23-27(18-19-31(30,24-33)36-4)32-29(34)17-10-6-9-14-25-12-7-5-8-13-25/h5,7-8,11-13,15-16,22,27H,6,9-10,14,17-21,23-24H2,1-4H3/p+1/t27-,30-,31-/m0/s1. The van der Waals surface area contributed by atoms with Crippen molar-refractivity contribution in [2.75, 3.05) is 41.4 Å². The minimum absolute atomic E-state index is 0.143. The molecule has 3 atom stereocenters. The van der Waals surface area contributed by atoms with Gasteiger partial charge in [0.05, 0.1) is 27.7 Å². The van der Waals surface area contributed by atoms with E-state index in [1.807, 2.05) is 13.2 Å². The number of ether oxygens (including phenoxy) is 2. The van der Waals surface area contributed by atoms with Crippen LogP contribution in [-0.2, 0) is 21.4 Å². The summed E-state index contributed by atoms with van der Waals surface area (Å²) in [6.07, 6.45) is 8.70. The van der Waals surface area contributed by atoms with Gasteiger partial charge in [-0.1, -0.05) is 48.9 Å². The summed E-state index contributed by atoms with van der Waals surface area (Å²) in [5.41, 5.74) is 2.27. The Kier molecular flexibility index (Phi) is 8.41. The number of hydrogen-bond donors (Lipinski definition) is 1. The van der Waals surface area contributed by atoms with Crippen LogP contribution < -0.4 is 10.1 Å². The number of quaternary nitrogens is 1. The van der Waals surface area contributed by atoms with Crippen molar-refractivity contribution in [2.45, 2.75) is 74.8 Å². The van der Waals surface area contributed by atoms with E-state index in [9.17, 15) is 4.79 Å². The van der Waals surface area contributed by atoms with Crippen LogP contribution in [0.2, 0.25) is 0 Å². The van der Waals surface area contributed by atoms with Gasteiger partial charge >= 0.3 is 0 Å². The number of likely N-dealkylation sites (N-methyl/N-ethyl adjacent to an activating group) is 1. The Bertz CT molecular complexity index is 1010. The van der Waals surface area contributed by atoms with Crippen molar-refractivity contribution in [3.63, 3.8) is 0 Å². The highest BCUT2D eigenvalue weighted by molar-refractivity contribution is 5.76. The highest BCUT2D eigenvalue weighted by Crippen LogP contribution is 2.54. The quantitative estimate of drug-likeness (QED) is 0.362. The second kappa shape index (κ2) is 11.4. The summed E-state index contributed by atoms with van der Waals surface area (Å²) in [5, 5.41) is 3.41. The van der Waals surface area contributed by atoms with Crippen LogP contribution >= 0.6 is 0 Å². The number of methoxy groups -OCH3 is 2. The first-order valence-corrected chi connectivity index (χ1v) is 13.7. The number of hydrogen-bond acceptors (Lipinski definition) is 3. The lowest BCUT2D eigenvalue weighted by Gasteiger charge is -2.60. The molecule has 2 fully saturated rings. The molecule has 4 rings (SSSR count). The van der Waals surface area contributed by atoms with Crippen molar-refractivity contribution in [2.24, 2.45) is 0 Å². The summed E-state index contributed by atoms with van der Waals surface area (Å²) < 4.78 is 13.0. The van der Waals surface area contributed by atoms with Crippen LogP contribution in [-0.4, -0.2) is 63.4 Å². The zero-order chi connectivity index (χ0) is 25.7. The maximum Gasteiger partial charge on any atom is 0.220 e. The van der Waals surface area contributed by atoms with Crippen LogP contribution in [0.3, 0.4) is 0 Å². The summed E-state index contributed by atoms with van der Waals surface area (Å²) in [4.78, 5) is 12.9. The SMILES string of the molecule is COc1cccc([C@@]23CC[N+](C)(C)C[C@@]2(OC)CC[C@H](NC(=O)CCCCCc2ccccc2)C3)c1. The number of fused-ring (bicyclic) bond motifs is 1. The maximum atomic E-state index is 12.9. The Morgan fingerprint density at radius 1 is 1.03 bits per heavy atom. The molecular weight excluding hydrogens is 448 g/mol. The molecule has 196 valence electrons. The number of aryl methyl sites for hydroxylation is 1. The highest BCUT2D eigenvalue weighted by atomic mass is 16.5. The highest BCUT2D eigenvalue weighted by Gasteiger charge is 2.62. The zero-order valence-electron chi connectivity index (χ0n) is 22.7. The van der Waals surface area contributed by atoms with Crippen molar-refractivity contribution in [1.29, 1.82) is 0 Å². The topological polar surface area (TPSA) is 47.6 Å². The van der Waals surface area contributed by atoms with Crippen LogP contribution in [0.5, 0.6) is 5.75 Å². The van der Waals surface area contributed by atoms with Crippen molar-refractivity contribution in [3.8, 4) is 5.75 Å². The van der Waals surface area contributed by atoms with E-state index >= 15 is 0 Å². The lowest BCUT2D eigenvalue weighted by atomic mass is 9.54. The van der Waals surface area contributed by atoms with Gasteiger partial charge in [-0.25, -0.2) is 0 Å². The Morgan fingerprint density at radius 2 is 1.83 bits per heavy atom. The Morgan fingerprint density at radius 3 is 2.58 bits per heavy atom. The largest absolute Gasteiger partial charge is 0.497 e. The molecule has 2 aromatic rings. The number of benzene rings is 2. The van der Waals surface area contributed by atoms with Crippen molar-refractivity contribution in [3.05, 3.63) is 65.7 Å². The fourth-order valence-corrected chi connectivity index (χ4v) is 6.85. The van der Waals surface area contributed by atoms with E-state index < -0.39 is 0 Å². The summed E-state index contributed by atoms with van der Waals surface area (Å²) in [6, 6.07) is 19.3. The third kappa shape index (κ3) is 5.78. The number of nitrogens with zero attached hydrogens (tertiary/aromatic N) is 1. The minimum atomic E-state index is -0.250. The first-order valence-electron chi connectivity index (χ1n) is 13.7. The van der Waals surface area contributed by atoms with Crippen LogP contribution in [0.25, 0.3) is 0 Å². The Labute approximate surface area is 217 Å². The first-order chi connectivity index (χ1) is 17.3. The molecule has 5 nitrogen and oxygen atoms in total. The fraction of sp³-hybridized carbons (Fsp3) is 0.581. The van der Waals surface area contributed by atoms with E-state index in [0.29, 0.717) is 6.42 Å². The van der Waals surface area contributed by atoms with Gasteiger partial charge in [0.2, 0.25) is 5.91 Å². The summed E-state index contributed by atoms with van der Waals surface area (Å²) >= 11 is 0. The summed E-state index contributed by atoms with van der Waals surface area (Å²) in [5.74, 6) is 1.07. The van der Waals surface area contributed by atoms with Gasteiger partial charge in [-0.15, -0.1) is 0 Å². The smallest absolute Gasteiger partial charge is 0.220 e. The first kappa shape index (κ1) is 26.7. The molecule has 0 radical (unpaired) electrons. The number of carbonyl (C=O) groups is 1. The van der Waals surface area contributed by atoms with Gasteiger partial charge in [-0.3, -0.25) is 4.79 Å². The van der Waals surface area contributed by atoms with Crippen molar-refractivity contribution < 1.29 is 18.8 Å². The van der Waals surface area contributed by atoms with Gasteiger partial charge in [0.15, 0.2) is 0 Å². The van der Waals surface area contributed by atoms with Crippen molar-refractivity contribution in [1.82, 2.24) is 5.32 Å². The molecular formula is C31H45N2O3+. The van der Waals surface area contributed by atoms with Crippen LogP contribution in [0, 0.1) is 0 Å². The molecule has 5 heteroatoms. The lowest BCUT2D eigenvalue weighted by molar-refractivity contribution is -0.905. The van der Waals surface area contributed by atoms with Gasteiger partial charge < -0.3 is 19.3 Å². The Hall–Kier alpha value is -2.37. The molecule has 2 aromatic carbocycles. The number of nitrogens with one attached hydrogen (secondary N) is 1. The number of likely N-dealkylation sites (tertiary alicyclic amines) is 1. The van der Waals surface area contributed by atoms with E-state index in [-0.39, 0.29) is 23.0 Å². The van der Waals surface area contributed by atoms with E-state index in [1.54, 1.807) is 7.11 Å². The van der Waals surface area contributed by atoms with Crippen LogP contribution in [0.1, 0.15) is 62.5 Å². The lowest BCUT2D eigenvalue weighted by Crippen LogP contribution is -2.71. The fourth-order valence-electron chi connectivity index (χ4n) is 6.85. The molecule has 1 heterocycles. The molecule has 1 saturated heterocycles. The molecule has 0 aromatic heterocycles. The van der Waals surface area contributed by atoms with Crippen molar-refractivity contribution >= 4 is 5.91 Å². The number of unbranched alkanes of at least 4 members (excludes halogenated alkanes) is 2. The van der Waals surface area contributed by atoms with Gasteiger partial charge in [0.25, 0.3) is 0 Å². The summed E-state index contributed by atoms with van der Waals surface area (Å²) in [7, 11) is 8.23. The molecule has 0 bridgehead atoms. The van der Waals surface area contributed by atoms with Crippen LogP contribution in [0.4, 0.5) is 0 Å². The average Bonchev–Trinajstić information content (AvgIpc) is 2.89. The molecule has 1 aliphatic carbocycles. The maximum absolute atomic E-state index is 12.9. The normalized spacial score (nSPS) is 27.2. The summed E-state index contributed by atoms with van der Waals surface area (Å²) in [6.45, 7) is 2.06. The molecule has 1 saturated carbocycles. The van der Waals surface area contributed by atoms with E-state index in [1.165, 1.54) is 11.1 Å². The van der Waals surface area contributed by atoms with E-state index in [0.717, 1.165) is 74.7 Å². The predicted octanol–water partition coefficient (Wildman–Crippen LogP) is 5.27. The third-order valence-electron chi connectivity index (χ3n) is 8.78. The van der Waals surface area contributed by atoms with Gasteiger partial charge in [-0.05, 0) is 61.8 Å². The van der Waals surface area contributed by atoms with E-state index in [4.69, 9.17) is 9.47 Å². The molecule has 1 N–H and O–H groups in total. The number of carbonyl (C=O) groups excluding carboxylic acids is 1. The monoisotopic (exact) mass is 493 g/mol. The Balaban J connectivity index is 1.41. The minimum Gasteiger partial charge on any atom is -0.497 e. The average molecular weight is 494 g/mol. The second-order valence-electron chi connectivity index (χ2n) is 11.6. The molecule has 0 spiro atoms. The number of amides is 1. The molecule has 1 aliphatic heterocycles. The van der Waals surface area contributed by atoms with Crippen LogP contribution in [0.15, 0.2) is 54.6 Å². The third-order valence-corrected chi connectivity index (χ3v) is 8.78. The molecule has 36 heavy (non-hydrogen) atoms.